The molecule has 20 heavy (non-hydrogen) atoms. The first-order valence-corrected chi connectivity index (χ1v) is 6.89. The Morgan fingerprint density at radius 3 is 2.45 bits per heavy atom. The van der Waals surface area contributed by atoms with Crippen molar-refractivity contribution in [2.75, 3.05) is 13.7 Å². The van der Waals surface area contributed by atoms with E-state index in [1.807, 2.05) is 45.0 Å². The largest absolute Gasteiger partial charge is 0.497 e. The summed E-state index contributed by atoms with van der Waals surface area (Å²) in [6.07, 6.45) is 0.318. The van der Waals surface area contributed by atoms with Crippen LogP contribution in [0.25, 0.3) is 0 Å². The number of carbonyl (C=O) groups is 1. The maximum absolute atomic E-state index is 12.2. The first-order valence-electron chi connectivity index (χ1n) is 6.89. The molecule has 4 nitrogen and oxygen atoms in total. The monoisotopic (exact) mass is 278 g/mol. The summed E-state index contributed by atoms with van der Waals surface area (Å²) in [7, 11) is 1.64. The second-order valence-corrected chi connectivity index (χ2v) is 5.99. The van der Waals surface area contributed by atoms with E-state index in [0.29, 0.717) is 6.61 Å². The SMILES string of the molecule is COc1ccc([C@H]2CCO[C@H]2C(=O)OC(C)(C)C)cc1. The van der Waals surface area contributed by atoms with Gasteiger partial charge in [0.15, 0.2) is 6.10 Å². The Kier molecular flexibility index (Phi) is 4.33. The smallest absolute Gasteiger partial charge is 0.336 e. The second-order valence-electron chi connectivity index (χ2n) is 5.99. The molecule has 4 heteroatoms. The van der Waals surface area contributed by atoms with E-state index in [1.54, 1.807) is 7.11 Å². The van der Waals surface area contributed by atoms with Gasteiger partial charge in [-0.3, -0.25) is 0 Å². The molecule has 0 unspecified atom stereocenters. The van der Waals surface area contributed by atoms with Crippen molar-refractivity contribution in [1.29, 1.82) is 0 Å². The van der Waals surface area contributed by atoms with Gasteiger partial charge in [0.05, 0.1) is 7.11 Å². The minimum Gasteiger partial charge on any atom is -0.497 e. The number of carbonyl (C=O) groups excluding carboxylic acids is 1. The summed E-state index contributed by atoms with van der Waals surface area (Å²) in [5.74, 6) is 0.577. The zero-order chi connectivity index (χ0) is 14.8. The number of benzene rings is 1. The van der Waals surface area contributed by atoms with Gasteiger partial charge in [-0.15, -0.1) is 0 Å². The van der Waals surface area contributed by atoms with Crippen LogP contribution in [0.1, 0.15) is 38.7 Å². The van der Waals surface area contributed by atoms with Crippen molar-refractivity contribution in [2.45, 2.75) is 44.8 Å². The third kappa shape index (κ3) is 3.51. The molecule has 0 saturated carbocycles. The average molecular weight is 278 g/mol. The highest BCUT2D eigenvalue weighted by Gasteiger charge is 2.38. The Morgan fingerprint density at radius 2 is 1.90 bits per heavy atom. The molecule has 2 atom stereocenters. The van der Waals surface area contributed by atoms with E-state index in [9.17, 15) is 4.79 Å². The van der Waals surface area contributed by atoms with Crippen molar-refractivity contribution in [3.05, 3.63) is 29.8 Å². The summed E-state index contributed by atoms with van der Waals surface area (Å²) in [5.41, 5.74) is 0.590. The van der Waals surface area contributed by atoms with Crippen LogP contribution in [0.2, 0.25) is 0 Å². The van der Waals surface area contributed by atoms with Crippen LogP contribution in [0.4, 0.5) is 0 Å². The predicted octanol–water partition coefficient (Wildman–Crippen LogP) is 2.91. The van der Waals surface area contributed by atoms with Crippen LogP contribution >= 0.6 is 0 Å². The molecule has 2 rings (SSSR count). The Balaban J connectivity index is 2.12. The highest BCUT2D eigenvalue weighted by atomic mass is 16.6. The lowest BCUT2D eigenvalue weighted by Gasteiger charge is -2.24. The van der Waals surface area contributed by atoms with Crippen molar-refractivity contribution in [3.63, 3.8) is 0 Å². The van der Waals surface area contributed by atoms with Gasteiger partial charge in [0.25, 0.3) is 0 Å². The fourth-order valence-electron chi connectivity index (χ4n) is 2.37. The van der Waals surface area contributed by atoms with Crippen molar-refractivity contribution in [1.82, 2.24) is 0 Å². The molecule has 1 aliphatic rings. The Hall–Kier alpha value is -1.55. The van der Waals surface area contributed by atoms with Crippen molar-refractivity contribution in [3.8, 4) is 5.75 Å². The number of ether oxygens (including phenoxy) is 3. The predicted molar refractivity (Wildman–Crippen MR) is 75.9 cm³/mol. The molecule has 0 spiro atoms. The molecule has 1 saturated heterocycles. The van der Waals surface area contributed by atoms with Gasteiger partial charge in [0.1, 0.15) is 11.4 Å². The molecule has 1 aliphatic heterocycles. The lowest BCUT2D eigenvalue weighted by molar-refractivity contribution is -0.166. The molecular formula is C16H22O4. The van der Waals surface area contributed by atoms with Crippen LogP contribution in [0.5, 0.6) is 5.75 Å². The van der Waals surface area contributed by atoms with Crippen molar-refractivity contribution < 1.29 is 19.0 Å². The molecule has 110 valence electrons. The summed E-state index contributed by atoms with van der Waals surface area (Å²) in [4.78, 5) is 12.2. The third-order valence-electron chi connectivity index (χ3n) is 3.27. The summed E-state index contributed by atoms with van der Waals surface area (Å²) in [5, 5.41) is 0. The van der Waals surface area contributed by atoms with Gasteiger partial charge >= 0.3 is 5.97 Å². The molecule has 1 heterocycles. The number of esters is 1. The summed E-state index contributed by atoms with van der Waals surface area (Å²) >= 11 is 0. The fourth-order valence-corrected chi connectivity index (χ4v) is 2.37. The van der Waals surface area contributed by atoms with E-state index in [0.717, 1.165) is 17.7 Å². The van der Waals surface area contributed by atoms with Crippen LogP contribution in [0.3, 0.4) is 0 Å². The molecule has 0 radical (unpaired) electrons. The fraction of sp³-hybridized carbons (Fsp3) is 0.562. The molecule has 0 aromatic heterocycles. The van der Waals surface area contributed by atoms with E-state index in [2.05, 4.69) is 0 Å². The third-order valence-corrected chi connectivity index (χ3v) is 3.27. The van der Waals surface area contributed by atoms with Crippen molar-refractivity contribution >= 4 is 5.97 Å². The molecule has 1 aromatic rings. The molecule has 0 bridgehead atoms. The number of hydrogen-bond donors (Lipinski definition) is 0. The molecule has 0 aliphatic carbocycles. The van der Waals surface area contributed by atoms with E-state index >= 15 is 0 Å². The highest BCUT2D eigenvalue weighted by molar-refractivity contribution is 5.77. The highest BCUT2D eigenvalue weighted by Crippen LogP contribution is 2.33. The Bertz CT molecular complexity index is 458. The van der Waals surface area contributed by atoms with Crippen LogP contribution < -0.4 is 4.74 Å². The lowest BCUT2D eigenvalue weighted by atomic mass is 9.92. The van der Waals surface area contributed by atoms with E-state index in [4.69, 9.17) is 14.2 Å². The first-order chi connectivity index (χ1) is 9.40. The van der Waals surface area contributed by atoms with Gasteiger partial charge in [-0.25, -0.2) is 4.79 Å². The van der Waals surface area contributed by atoms with Crippen molar-refractivity contribution in [2.24, 2.45) is 0 Å². The molecule has 0 N–H and O–H groups in total. The molecule has 1 aromatic carbocycles. The number of methoxy groups -OCH3 is 1. The standard InChI is InChI=1S/C16H22O4/c1-16(2,3)20-15(17)14-13(9-10-19-14)11-5-7-12(18-4)8-6-11/h5-8,13-14H,9-10H2,1-4H3/t13-,14-/m1/s1. The van der Waals surface area contributed by atoms with Crippen LogP contribution in [-0.4, -0.2) is 31.4 Å². The van der Waals surface area contributed by atoms with Crippen LogP contribution in [0, 0.1) is 0 Å². The van der Waals surface area contributed by atoms with E-state index < -0.39 is 11.7 Å². The average Bonchev–Trinajstić information content (AvgIpc) is 2.86. The Morgan fingerprint density at radius 1 is 1.25 bits per heavy atom. The zero-order valence-electron chi connectivity index (χ0n) is 12.5. The van der Waals surface area contributed by atoms with Gasteiger partial charge in [0, 0.05) is 12.5 Å². The normalized spacial score (nSPS) is 22.6. The minimum absolute atomic E-state index is 0.0516. The van der Waals surface area contributed by atoms with Gasteiger partial charge in [-0.2, -0.15) is 0 Å². The summed E-state index contributed by atoms with van der Waals surface area (Å²) in [6, 6.07) is 7.77. The minimum atomic E-state index is -0.511. The quantitative estimate of drug-likeness (QED) is 0.797. The molecular weight excluding hydrogens is 256 g/mol. The van der Waals surface area contributed by atoms with E-state index in [-0.39, 0.29) is 11.9 Å². The topological polar surface area (TPSA) is 44.8 Å². The molecule has 0 amide bonds. The summed E-state index contributed by atoms with van der Waals surface area (Å²) in [6.45, 7) is 6.17. The summed E-state index contributed by atoms with van der Waals surface area (Å²) < 4.78 is 16.2. The van der Waals surface area contributed by atoms with Crippen LogP contribution in [-0.2, 0) is 14.3 Å². The second kappa shape index (κ2) is 5.83. The maximum atomic E-state index is 12.2. The van der Waals surface area contributed by atoms with Gasteiger partial charge in [-0.1, -0.05) is 12.1 Å². The van der Waals surface area contributed by atoms with Gasteiger partial charge in [0.2, 0.25) is 0 Å². The lowest BCUT2D eigenvalue weighted by Crippen LogP contribution is -2.34. The molecule has 1 fully saturated rings. The Labute approximate surface area is 120 Å². The van der Waals surface area contributed by atoms with E-state index in [1.165, 1.54) is 0 Å². The van der Waals surface area contributed by atoms with Gasteiger partial charge in [-0.05, 0) is 44.9 Å². The van der Waals surface area contributed by atoms with Gasteiger partial charge < -0.3 is 14.2 Å². The number of hydrogen-bond acceptors (Lipinski definition) is 4. The first kappa shape index (κ1) is 14.9. The number of rotatable bonds is 3. The maximum Gasteiger partial charge on any atom is 0.336 e. The zero-order valence-corrected chi connectivity index (χ0v) is 12.5. The van der Waals surface area contributed by atoms with Crippen LogP contribution in [0.15, 0.2) is 24.3 Å².